The second-order valence-electron chi connectivity index (χ2n) is 4.58. The number of aromatic nitrogens is 2. The van der Waals surface area contributed by atoms with Crippen LogP contribution in [0.25, 0.3) is 0 Å². The average Bonchev–Trinajstić information content (AvgIpc) is 2.60. The van der Waals surface area contributed by atoms with E-state index < -0.39 is 27.3 Å². The van der Waals surface area contributed by atoms with Gasteiger partial charge in [0.25, 0.3) is 10.0 Å². The first-order valence-corrected chi connectivity index (χ1v) is 7.39. The third-order valence-corrected chi connectivity index (χ3v) is 4.66. The number of nitrogens with zero attached hydrogens (tertiary/aromatic N) is 2. The molecule has 0 aliphatic rings. The maximum absolute atomic E-state index is 13.6. The Kier molecular flexibility index (Phi) is 3.62. The molecule has 9 heteroatoms. The van der Waals surface area contributed by atoms with Crippen molar-refractivity contribution in [2.24, 2.45) is 7.05 Å². The highest BCUT2D eigenvalue weighted by Crippen LogP contribution is 2.26. The van der Waals surface area contributed by atoms with Gasteiger partial charge in [-0.2, -0.15) is 5.10 Å². The molecule has 0 fully saturated rings. The molecule has 0 atom stereocenters. The molecule has 0 saturated carbocycles. The Morgan fingerprint density at radius 1 is 1.24 bits per heavy atom. The lowest BCUT2D eigenvalue weighted by atomic mass is 10.2. The summed E-state index contributed by atoms with van der Waals surface area (Å²) in [5.74, 6) is -2.01. The van der Waals surface area contributed by atoms with Crippen molar-refractivity contribution < 1.29 is 17.2 Å². The van der Waals surface area contributed by atoms with Gasteiger partial charge < -0.3 is 5.73 Å². The van der Waals surface area contributed by atoms with Gasteiger partial charge in [-0.25, -0.2) is 17.2 Å². The fraction of sp³-hybridized carbons (Fsp3) is 0.250. The minimum atomic E-state index is -4.06. The van der Waals surface area contributed by atoms with Gasteiger partial charge in [-0.15, -0.1) is 0 Å². The van der Waals surface area contributed by atoms with Crippen LogP contribution in [0, 0.1) is 25.5 Å². The van der Waals surface area contributed by atoms with E-state index in [0.717, 1.165) is 6.07 Å². The summed E-state index contributed by atoms with van der Waals surface area (Å²) in [4.78, 5) is -0.0488. The number of halogens is 2. The van der Waals surface area contributed by atoms with Crippen molar-refractivity contribution in [2.75, 3.05) is 10.5 Å². The quantitative estimate of drug-likeness (QED) is 0.843. The largest absolute Gasteiger partial charge is 0.396 e. The van der Waals surface area contributed by atoms with E-state index in [-0.39, 0.29) is 16.3 Å². The van der Waals surface area contributed by atoms with Crippen molar-refractivity contribution in [3.05, 3.63) is 35.2 Å². The Morgan fingerprint density at radius 3 is 2.38 bits per heavy atom. The Hall–Kier alpha value is -2.16. The molecule has 0 aliphatic carbocycles. The van der Waals surface area contributed by atoms with Crippen molar-refractivity contribution in [1.29, 1.82) is 0 Å². The van der Waals surface area contributed by atoms with Gasteiger partial charge in [-0.1, -0.05) is 0 Å². The molecule has 0 amide bonds. The molecule has 1 heterocycles. The second-order valence-corrected chi connectivity index (χ2v) is 6.20. The molecule has 6 nitrogen and oxygen atoms in total. The van der Waals surface area contributed by atoms with Crippen molar-refractivity contribution in [3.63, 3.8) is 0 Å². The molecule has 1 aromatic carbocycles. The lowest BCUT2D eigenvalue weighted by Gasteiger charge is -2.10. The van der Waals surface area contributed by atoms with Crippen LogP contribution in [0.1, 0.15) is 11.4 Å². The number of rotatable bonds is 3. The number of hydrogen-bond acceptors (Lipinski definition) is 4. The van der Waals surface area contributed by atoms with Gasteiger partial charge in [-0.05, 0) is 19.9 Å². The molecule has 0 unspecified atom stereocenters. The molecule has 3 N–H and O–H groups in total. The van der Waals surface area contributed by atoms with Crippen molar-refractivity contribution >= 4 is 21.4 Å². The molecule has 0 aliphatic heterocycles. The predicted molar refractivity (Wildman–Crippen MR) is 74.3 cm³/mol. The maximum atomic E-state index is 13.6. The summed E-state index contributed by atoms with van der Waals surface area (Å²) >= 11 is 0. The first kappa shape index (κ1) is 15.2. The second kappa shape index (κ2) is 4.99. The molecule has 0 saturated heterocycles. The SMILES string of the molecule is Cc1nn(C)c(C)c1S(=O)(=O)Nc1cc(N)c(F)cc1F. The number of hydrogen-bond donors (Lipinski definition) is 2. The zero-order valence-corrected chi connectivity index (χ0v) is 12.4. The first-order chi connectivity index (χ1) is 9.63. The van der Waals surface area contributed by atoms with Crippen molar-refractivity contribution in [2.45, 2.75) is 18.7 Å². The Morgan fingerprint density at radius 2 is 1.86 bits per heavy atom. The third-order valence-electron chi connectivity index (χ3n) is 3.04. The summed E-state index contributed by atoms with van der Waals surface area (Å²) in [5.41, 5.74) is 5.22. The number of sulfonamides is 1. The summed E-state index contributed by atoms with van der Waals surface area (Å²) in [7, 11) is -2.46. The Balaban J connectivity index is 2.50. The summed E-state index contributed by atoms with van der Waals surface area (Å²) in [6, 6.07) is 1.42. The van der Waals surface area contributed by atoms with Gasteiger partial charge in [0.2, 0.25) is 0 Å². The molecule has 1 aromatic heterocycles. The van der Waals surface area contributed by atoms with Gasteiger partial charge in [0.15, 0.2) is 0 Å². The number of anilines is 2. The van der Waals surface area contributed by atoms with E-state index in [2.05, 4.69) is 9.82 Å². The molecule has 21 heavy (non-hydrogen) atoms. The summed E-state index contributed by atoms with van der Waals surface area (Å²) < 4.78 is 54.9. The van der Waals surface area contributed by atoms with Crippen LogP contribution in [0.2, 0.25) is 0 Å². The fourth-order valence-electron chi connectivity index (χ4n) is 1.98. The van der Waals surface area contributed by atoms with E-state index in [1.165, 1.54) is 11.6 Å². The topological polar surface area (TPSA) is 90.0 Å². The van der Waals surface area contributed by atoms with E-state index in [4.69, 9.17) is 5.73 Å². The monoisotopic (exact) mass is 316 g/mol. The fourth-order valence-corrected chi connectivity index (χ4v) is 3.48. The van der Waals surface area contributed by atoms with Crippen molar-refractivity contribution in [3.8, 4) is 0 Å². The van der Waals surface area contributed by atoms with Gasteiger partial charge in [0.05, 0.1) is 22.8 Å². The highest BCUT2D eigenvalue weighted by molar-refractivity contribution is 7.92. The lowest BCUT2D eigenvalue weighted by Crippen LogP contribution is -2.16. The van der Waals surface area contributed by atoms with Crippen molar-refractivity contribution in [1.82, 2.24) is 9.78 Å². The van der Waals surface area contributed by atoms with Gasteiger partial charge in [-0.3, -0.25) is 9.40 Å². The van der Waals surface area contributed by atoms with Crippen LogP contribution in [0.3, 0.4) is 0 Å². The van der Waals surface area contributed by atoms with Crippen LogP contribution in [0.5, 0.6) is 0 Å². The zero-order chi connectivity index (χ0) is 15.9. The molecular weight excluding hydrogens is 302 g/mol. The molecule has 0 spiro atoms. The molecule has 2 rings (SSSR count). The number of nitrogens with one attached hydrogen (secondary N) is 1. The standard InChI is InChI=1S/C12H14F2N4O2S/c1-6-12(7(2)18(3)16-6)21(19,20)17-11-5-10(15)8(13)4-9(11)14/h4-5,17H,15H2,1-3H3. The van der Waals surface area contributed by atoms with Crippen LogP contribution in [-0.2, 0) is 17.1 Å². The van der Waals surface area contributed by atoms with Crippen LogP contribution >= 0.6 is 0 Å². The van der Waals surface area contributed by atoms with Gasteiger partial charge in [0.1, 0.15) is 16.5 Å². The first-order valence-electron chi connectivity index (χ1n) is 5.91. The van der Waals surface area contributed by atoms with E-state index in [0.29, 0.717) is 11.8 Å². The van der Waals surface area contributed by atoms with Crippen LogP contribution in [0.15, 0.2) is 17.0 Å². The summed E-state index contributed by atoms with van der Waals surface area (Å²) in [6.07, 6.45) is 0. The van der Waals surface area contributed by atoms with Crippen LogP contribution < -0.4 is 10.5 Å². The number of aryl methyl sites for hydroxylation is 2. The predicted octanol–water partition coefficient (Wildman–Crippen LogP) is 1.70. The summed E-state index contributed by atoms with van der Waals surface area (Å²) in [5, 5.41) is 3.99. The zero-order valence-electron chi connectivity index (χ0n) is 11.6. The number of nitrogen functional groups attached to an aromatic ring is 1. The van der Waals surface area contributed by atoms with E-state index in [9.17, 15) is 17.2 Å². The normalized spacial score (nSPS) is 11.7. The number of benzene rings is 1. The van der Waals surface area contributed by atoms with Crippen LogP contribution in [0.4, 0.5) is 20.2 Å². The highest BCUT2D eigenvalue weighted by atomic mass is 32.2. The lowest BCUT2D eigenvalue weighted by molar-refractivity contribution is 0.585. The minimum absolute atomic E-state index is 0.0488. The van der Waals surface area contributed by atoms with Gasteiger partial charge >= 0.3 is 0 Å². The third kappa shape index (κ3) is 2.68. The highest BCUT2D eigenvalue weighted by Gasteiger charge is 2.25. The Labute approximate surface area is 120 Å². The number of nitrogens with two attached hydrogens (primary N) is 1. The van der Waals surface area contributed by atoms with E-state index in [1.54, 1.807) is 14.0 Å². The molecule has 114 valence electrons. The van der Waals surface area contributed by atoms with Crippen LogP contribution in [-0.4, -0.2) is 18.2 Å². The van der Waals surface area contributed by atoms with E-state index >= 15 is 0 Å². The average molecular weight is 316 g/mol. The van der Waals surface area contributed by atoms with E-state index in [1.807, 2.05) is 0 Å². The Bertz CT molecular complexity index is 815. The maximum Gasteiger partial charge on any atom is 0.265 e. The smallest absolute Gasteiger partial charge is 0.265 e. The molecule has 2 aromatic rings. The summed E-state index contributed by atoms with van der Waals surface area (Å²) in [6.45, 7) is 3.10. The molecular formula is C12H14F2N4O2S. The molecule has 0 bridgehead atoms. The molecule has 0 radical (unpaired) electrons. The minimum Gasteiger partial charge on any atom is -0.396 e. The van der Waals surface area contributed by atoms with Gasteiger partial charge in [0, 0.05) is 13.1 Å².